The first-order valence-electron chi connectivity index (χ1n) is 9.20. The van der Waals surface area contributed by atoms with Crippen LogP contribution in [0.2, 0.25) is 0 Å². The van der Waals surface area contributed by atoms with Gasteiger partial charge in [-0.25, -0.2) is 0 Å². The molecule has 4 N–H and O–H groups in total. The van der Waals surface area contributed by atoms with Gasteiger partial charge in [-0.2, -0.15) is 9.97 Å². The number of nitrogens with one attached hydrogen (secondary N) is 3. The summed E-state index contributed by atoms with van der Waals surface area (Å²) in [5, 5.41) is 19.6. The van der Waals surface area contributed by atoms with Crippen molar-refractivity contribution in [1.29, 1.82) is 0 Å². The summed E-state index contributed by atoms with van der Waals surface area (Å²) in [7, 11) is 0. The van der Waals surface area contributed by atoms with Crippen LogP contribution < -0.4 is 20.9 Å². The maximum atomic E-state index is 9.49. The Morgan fingerprint density at radius 1 is 1.23 bits per heavy atom. The highest BCUT2D eigenvalue weighted by Gasteiger charge is 2.27. The molecule has 7 nitrogen and oxygen atoms in total. The van der Waals surface area contributed by atoms with E-state index in [-0.39, 0.29) is 12.6 Å². The number of aromatic nitrogens is 2. The fourth-order valence-corrected chi connectivity index (χ4v) is 2.92. The number of hydrogen-bond acceptors (Lipinski definition) is 7. The van der Waals surface area contributed by atoms with Crippen LogP contribution in [0.4, 0.5) is 23.3 Å². The van der Waals surface area contributed by atoms with Crippen molar-refractivity contribution in [1.82, 2.24) is 9.97 Å². The van der Waals surface area contributed by atoms with Gasteiger partial charge in [-0.3, -0.25) is 0 Å². The Hall–Kier alpha value is -2.54. The molecule has 1 aromatic heterocycles. The molecule has 7 heteroatoms. The Balaban J connectivity index is 1.89. The van der Waals surface area contributed by atoms with E-state index in [1.807, 2.05) is 25.1 Å². The predicted molar refractivity (Wildman–Crippen MR) is 107 cm³/mol. The SMILES string of the molecule is CCC(CO)Nc1nc(NCc2ccccc2)c2c(n1)N(C(C)C)CN2. The fraction of sp³-hybridized carbons (Fsp3) is 0.474. The first kappa shape index (κ1) is 18.3. The van der Waals surface area contributed by atoms with Crippen LogP contribution in [0.3, 0.4) is 0 Å². The third kappa shape index (κ3) is 3.99. The third-order valence-electron chi connectivity index (χ3n) is 4.56. The van der Waals surface area contributed by atoms with Crippen LogP contribution in [0, 0.1) is 0 Å². The minimum atomic E-state index is -0.0584. The maximum Gasteiger partial charge on any atom is 0.227 e. The molecule has 2 heterocycles. The van der Waals surface area contributed by atoms with Crippen molar-refractivity contribution in [3.8, 4) is 0 Å². The van der Waals surface area contributed by atoms with Crippen molar-refractivity contribution in [2.75, 3.05) is 34.1 Å². The molecule has 0 fully saturated rings. The Morgan fingerprint density at radius 2 is 2.00 bits per heavy atom. The predicted octanol–water partition coefficient (Wildman–Crippen LogP) is 2.87. The Kier molecular flexibility index (Phi) is 5.78. The average molecular weight is 356 g/mol. The fourth-order valence-electron chi connectivity index (χ4n) is 2.92. The van der Waals surface area contributed by atoms with Gasteiger partial charge >= 0.3 is 0 Å². The molecule has 2 aromatic rings. The lowest BCUT2D eigenvalue weighted by Crippen LogP contribution is -2.31. The Morgan fingerprint density at radius 3 is 2.65 bits per heavy atom. The second kappa shape index (κ2) is 8.23. The highest BCUT2D eigenvalue weighted by molar-refractivity contribution is 5.83. The summed E-state index contributed by atoms with van der Waals surface area (Å²) < 4.78 is 0. The van der Waals surface area contributed by atoms with Gasteiger partial charge in [-0.05, 0) is 25.8 Å². The van der Waals surface area contributed by atoms with Crippen LogP contribution in [0.1, 0.15) is 32.8 Å². The van der Waals surface area contributed by atoms with Gasteiger partial charge < -0.3 is 26.0 Å². The molecule has 0 spiro atoms. The van der Waals surface area contributed by atoms with E-state index in [4.69, 9.17) is 4.98 Å². The molecule has 3 rings (SSSR count). The van der Waals surface area contributed by atoms with Gasteiger partial charge in [0, 0.05) is 12.6 Å². The molecule has 1 atom stereocenters. The van der Waals surface area contributed by atoms with Gasteiger partial charge in [-0.15, -0.1) is 0 Å². The normalized spacial score (nSPS) is 14.1. The molecule has 26 heavy (non-hydrogen) atoms. The van der Waals surface area contributed by atoms with Crippen LogP contribution in [0.5, 0.6) is 0 Å². The van der Waals surface area contributed by atoms with E-state index in [2.05, 4.69) is 51.8 Å². The number of rotatable bonds is 8. The molecular weight excluding hydrogens is 328 g/mol. The highest BCUT2D eigenvalue weighted by atomic mass is 16.3. The summed E-state index contributed by atoms with van der Waals surface area (Å²) in [4.78, 5) is 11.6. The van der Waals surface area contributed by atoms with Crippen molar-refractivity contribution >= 4 is 23.3 Å². The van der Waals surface area contributed by atoms with Crippen LogP contribution in [0.25, 0.3) is 0 Å². The monoisotopic (exact) mass is 356 g/mol. The number of aliphatic hydroxyl groups excluding tert-OH is 1. The summed E-state index contributed by atoms with van der Waals surface area (Å²) in [6.07, 6.45) is 0.801. The lowest BCUT2D eigenvalue weighted by atomic mass is 10.2. The number of nitrogens with zero attached hydrogens (tertiary/aromatic N) is 3. The van der Waals surface area contributed by atoms with Gasteiger partial charge in [0.2, 0.25) is 5.95 Å². The average Bonchev–Trinajstić information content (AvgIpc) is 3.09. The molecule has 0 bridgehead atoms. The first-order chi connectivity index (χ1) is 12.6. The van der Waals surface area contributed by atoms with E-state index >= 15 is 0 Å². The van der Waals surface area contributed by atoms with E-state index in [0.29, 0.717) is 25.2 Å². The zero-order chi connectivity index (χ0) is 18.5. The van der Waals surface area contributed by atoms with Crippen LogP contribution in [-0.2, 0) is 6.54 Å². The molecule has 0 radical (unpaired) electrons. The largest absolute Gasteiger partial charge is 0.394 e. The lowest BCUT2D eigenvalue weighted by Gasteiger charge is -2.22. The van der Waals surface area contributed by atoms with Crippen molar-refractivity contribution in [3.05, 3.63) is 35.9 Å². The minimum Gasteiger partial charge on any atom is -0.394 e. The van der Waals surface area contributed by atoms with Crippen LogP contribution in [0.15, 0.2) is 30.3 Å². The van der Waals surface area contributed by atoms with Gasteiger partial charge in [0.25, 0.3) is 0 Å². The highest BCUT2D eigenvalue weighted by Crippen LogP contribution is 2.37. The van der Waals surface area contributed by atoms with E-state index < -0.39 is 0 Å². The second-order valence-corrected chi connectivity index (χ2v) is 6.76. The van der Waals surface area contributed by atoms with E-state index in [9.17, 15) is 5.11 Å². The van der Waals surface area contributed by atoms with E-state index in [1.54, 1.807) is 0 Å². The van der Waals surface area contributed by atoms with Crippen LogP contribution in [-0.4, -0.2) is 40.4 Å². The topological polar surface area (TPSA) is 85.3 Å². The number of hydrogen-bond donors (Lipinski definition) is 4. The van der Waals surface area contributed by atoms with Gasteiger partial charge in [-0.1, -0.05) is 37.3 Å². The number of fused-ring (bicyclic) bond motifs is 1. The summed E-state index contributed by atoms with van der Waals surface area (Å²) in [6, 6.07) is 10.5. The van der Waals surface area contributed by atoms with Gasteiger partial charge in [0.15, 0.2) is 11.6 Å². The number of benzene rings is 1. The summed E-state index contributed by atoms with van der Waals surface area (Å²) >= 11 is 0. The first-order valence-corrected chi connectivity index (χ1v) is 9.20. The molecule has 1 aliphatic heterocycles. The lowest BCUT2D eigenvalue weighted by molar-refractivity contribution is 0.271. The van der Waals surface area contributed by atoms with Crippen molar-refractivity contribution in [2.45, 2.75) is 45.8 Å². The van der Waals surface area contributed by atoms with Crippen molar-refractivity contribution in [3.63, 3.8) is 0 Å². The molecule has 0 aliphatic carbocycles. The Labute approximate surface area is 154 Å². The van der Waals surface area contributed by atoms with Crippen molar-refractivity contribution < 1.29 is 5.11 Å². The standard InChI is InChI=1S/C19H28N6O/c1-4-15(11-26)22-19-23-17(20-10-14-8-6-5-7-9-14)16-18(24-19)25(12-21-16)13(2)3/h5-9,13,15,21,26H,4,10-12H2,1-3H3,(H2,20,22,23,24). The van der Waals surface area contributed by atoms with Crippen molar-refractivity contribution in [2.24, 2.45) is 0 Å². The molecule has 0 saturated heterocycles. The molecule has 0 saturated carbocycles. The number of aliphatic hydroxyl groups is 1. The van der Waals surface area contributed by atoms with Crippen LogP contribution >= 0.6 is 0 Å². The second-order valence-electron chi connectivity index (χ2n) is 6.76. The quantitative estimate of drug-likeness (QED) is 0.579. The zero-order valence-electron chi connectivity index (χ0n) is 15.7. The molecule has 1 unspecified atom stereocenters. The molecule has 140 valence electrons. The summed E-state index contributed by atoms with van der Waals surface area (Å²) in [6.45, 7) is 7.76. The van der Waals surface area contributed by atoms with E-state index in [1.165, 1.54) is 5.56 Å². The maximum absolute atomic E-state index is 9.49. The minimum absolute atomic E-state index is 0.0515. The number of anilines is 4. The summed E-state index contributed by atoms with van der Waals surface area (Å²) in [5.74, 6) is 2.20. The third-order valence-corrected chi connectivity index (χ3v) is 4.56. The summed E-state index contributed by atoms with van der Waals surface area (Å²) in [5.41, 5.74) is 2.12. The molecule has 0 amide bonds. The van der Waals surface area contributed by atoms with Gasteiger partial charge in [0.1, 0.15) is 5.69 Å². The smallest absolute Gasteiger partial charge is 0.227 e. The van der Waals surface area contributed by atoms with E-state index in [0.717, 1.165) is 23.7 Å². The van der Waals surface area contributed by atoms with Gasteiger partial charge in [0.05, 0.1) is 19.3 Å². The molecule has 1 aliphatic rings. The Bertz CT molecular complexity index is 717. The molecule has 1 aromatic carbocycles. The molecular formula is C19H28N6O. The zero-order valence-corrected chi connectivity index (χ0v) is 15.7.